The molecular formula is C23H27N3O4S. The topological polar surface area (TPSA) is 78.0 Å². The summed E-state index contributed by atoms with van der Waals surface area (Å²) in [5, 5.41) is 2.10. The van der Waals surface area contributed by atoms with Crippen LogP contribution in [0.1, 0.15) is 12.8 Å². The van der Waals surface area contributed by atoms with Crippen molar-refractivity contribution in [3.63, 3.8) is 0 Å². The zero-order valence-electron chi connectivity index (χ0n) is 17.4. The second-order valence-electron chi connectivity index (χ2n) is 8.82. The lowest BCUT2D eigenvalue weighted by Crippen LogP contribution is -2.53. The number of amides is 2. The smallest absolute Gasteiger partial charge is 0.228 e. The Morgan fingerprint density at radius 1 is 0.968 bits per heavy atom. The number of anilines is 1. The summed E-state index contributed by atoms with van der Waals surface area (Å²) in [4.78, 5) is 31.8. The quantitative estimate of drug-likeness (QED) is 0.722. The van der Waals surface area contributed by atoms with E-state index in [-0.39, 0.29) is 41.7 Å². The minimum atomic E-state index is -2.91. The molecule has 164 valence electrons. The monoisotopic (exact) mass is 441 g/mol. The fraction of sp³-hybridized carbons (Fsp3) is 0.478. The van der Waals surface area contributed by atoms with Gasteiger partial charge in [0.05, 0.1) is 23.1 Å². The Hall–Kier alpha value is -2.45. The molecule has 8 heteroatoms. The van der Waals surface area contributed by atoms with Crippen LogP contribution in [0, 0.1) is 5.92 Å². The van der Waals surface area contributed by atoms with Crippen LogP contribution < -0.4 is 4.90 Å². The van der Waals surface area contributed by atoms with Gasteiger partial charge in [-0.2, -0.15) is 0 Å². The number of sulfone groups is 1. The van der Waals surface area contributed by atoms with E-state index < -0.39 is 9.84 Å². The maximum absolute atomic E-state index is 13.2. The molecule has 0 aliphatic carbocycles. The molecule has 2 atom stereocenters. The van der Waals surface area contributed by atoms with Gasteiger partial charge in [-0.15, -0.1) is 0 Å². The summed E-state index contributed by atoms with van der Waals surface area (Å²) in [6.45, 7) is 2.98. The zero-order chi connectivity index (χ0) is 21.6. The molecular weight excluding hydrogens is 414 g/mol. The van der Waals surface area contributed by atoms with Gasteiger partial charge in [0.2, 0.25) is 11.8 Å². The van der Waals surface area contributed by atoms with Gasteiger partial charge in [0.25, 0.3) is 0 Å². The van der Waals surface area contributed by atoms with E-state index in [4.69, 9.17) is 0 Å². The number of benzene rings is 2. The fourth-order valence-electron chi connectivity index (χ4n) is 5.18. The van der Waals surface area contributed by atoms with Gasteiger partial charge >= 0.3 is 0 Å². The highest BCUT2D eigenvalue weighted by Crippen LogP contribution is 2.32. The molecule has 3 aliphatic rings. The molecule has 0 radical (unpaired) electrons. The molecule has 0 N–H and O–H groups in total. The van der Waals surface area contributed by atoms with E-state index in [0.29, 0.717) is 39.1 Å². The first-order valence-electron chi connectivity index (χ1n) is 10.9. The highest BCUT2D eigenvalue weighted by Gasteiger charge is 2.39. The second-order valence-corrected chi connectivity index (χ2v) is 11.1. The summed E-state index contributed by atoms with van der Waals surface area (Å²) in [6, 6.07) is 14.0. The molecule has 2 aromatic carbocycles. The van der Waals surface area contributed by atoms with Crippen LogP contribution in [0.25, 0.3) is 10.8 Å². The van der Waals surface area contributed by atoms with E-state index in [9.17, 15) is 18.0 Å². The Bertz CT molecular complexity index is 1120. The summed E-state index contributed by atoms with van der Waals surface area (Å²) < 4.78 is 23.5. The third kappa shape index (κ3) is 3.94. The lowest BCUT2D eigenvalue weighted by molar-refractivity contribution is -0.137. The highest BCUT2D eigenvalue weighted by atomic mass is 32.2. The summed E-state index contributed by atoms with van der Waals surface area (Å²) in [5.74, 6) is 0.201. The number of carbonyl (C=O) groups excluding carboxylic acids is 2. The fourth-order valence-corrected chi connectivity index (χ4v) is 6.94. The summed E-state index contributed by atoms with van der Waals surface area (Å²) in [5.41, 5.74) is 0.866. The average Bonchev–Trinajstić information content (AvgIpc) is 3.35. The molecule has 0 spiro atoms. The van der Waals surface area contributed by atoms with E-state index in [2.05, 4.69) is 4.90 Å². The Kier molecular flexibility index (Phi) is 5.22. The Morgan fingerprint density at radius 3 is 2.45 bits per heavy atom. The van der Waals surface area contributed by atoms with Crippen molar-refractivity contribution in [3.05, 3.63) is 42.5 Å². The SMILES string of the molecule is O=C(C1CC(=O)N(c2cccc3ccccc23)C1)N1CCN(C2CCS(=O)(=O)C2)CC1. The third-order valence-corrected chi connectivity index (χ3v) is 8.63. The van der Waals surface area contributed by atoms with Crippen LogP contribution in [0.5, 0.6) is 0 Å². The van der Waals surface area contributed by atoms with Crippen molar-refractivity contribution in [1.29, 1.82) is 0 Å². The van der Waals surface area contributed by atoms with Crippen LogP contribution in [-0.4, -0.2) is 80.3 Å². The van der Waals surface area contributed by atoms with Crippen molar-refractivity contribution in [3.8, 4) is 0 Å². The van der Waals surface area contributed by atoms with E-state index in [0.717, 1.165) is 16.5 Å². The van der Waals surface area contributed by atoms with Crippen LogP contribution >= 0.6 is 0 Å². The molecule has 5 rings (SSSR count). The zero-order valence-corrected chi connectivity index (χ0v) is 18.3. The number of rotatable bonds is 3. The number of hydrogen-bond donors (Lipinski definition) is 0. The second kappa shape index (κ2) is 7.91. The first kappa shape index (κ1) is 20.5. The summed E-state index contributed by atoms with van der Waals surface area (Å²) in [7, 11) is -2.91. The number of nitrogens with zero attached hydrogens (tertiary/aromatic N) is 3. The largest absolute Gasteiger partial charge is 0.340 e. The number of fused-ring (bicyclic) bond motifs is 1. The van der Waals surface area contributed by atoms with Crippen LogP contribution in [0.4, 0.5) is 5.69 Å². The minimum absolute atomic E-state index is 0.00972. The summed E-state index contributed by atoms with van der Waals surface area (Å²) in [6.07, 6.45) is 0.927. The number of hydrogen-bond acceptors (Lipinski definition) is 5. The van der Waals surface area contributed by atoms with E-state index in [1.165, 1.54) is 0 Å². The minimum Gasteiger partial charge on any atom is -0.340 e. The van der Waals surface area contributed by atoms with Crippen molar-refractivity contribution in [2.24, 2.45) is 5.92 Å². The van der Waals surface area contributed by atoms with Gasteiger partial charge in [0.15, 0.2) is 9.84 Å². The van der Waals surface area contributed by atoms with Gasteiger partial charge in [0, 0.05) is 50.6 Å². The molecule has 0 aromatic heterocycles. The molecule has 7 nitrogen and oxygen atoms in total. The Morgan fingerprint density at radius 2 is 1.71 bits per heavy atom. The van der Waals surface area contributed by atoms with Crippen LogP contribution in [0.15, 0.2) is 42.5 Å². The van der Waals surface area contributed by atoms with E-state index in [1.54, 1.807) is 4.90 Å². The molecule has 31 heavy (non-hydrogen) atoms. The normalized spacial score (nSPS) is 26.6. The molecule has 2 unspecified atom stereocenters. The first-order chi connectivity index (χ1) is 14.9. The molecule has 2 aromatic rings. The van der Waals surface area contributed by atoms with Crippen molar-refractivity contribution in [1.82, 2.24) is 9.80 Å². The van der Waals surface area contributed by atoms with Gasteiger partial charge in [-0.1, -0.05) is 36.4 Å². The number of piperazine rings is 1. The van der Waals surface area contributed by atoms with Gasteiger partial charge in [-0.3, -0.25) is 14.5 Å². The van der Waals surface area contributed by atoms with E-state index >= 15 is 0 Å². The number of carbonyl (C=O) groups is 2. The lowest BCUT2D eigenvalue weighted by atomic mass is 10.1. The molecule has 2 amide bonds. The van der Waals surface area contributed by atoms with Gasteiger partial charge in [0.1, 0.15) is 0 Å². The highest BCUT2D eigenvalue weighted by molar-refractivity contribution is 7.91. The molecule has 0 bridgehead atoms. The van der Waals surface area contributed by atoms with Gasteiger partial charge in [-0.05, 0) is 17.9 Å². The van der Waals surface area contributed by atoms with Crippen LogP contribution in [-0.2, 0) is 19.4 Å². The van der Waals surface area contributed by atoms with Crippen LogP contribution in [0.3, 0.4) is 0 Å². The maximum atomic E-state index is 13.2. The Labute approximate surface area is 182 Å². The summed E-state index contributed by atoms with van der Waals surface area (Å²) >= 11 is 0. The third-order valence-electron chi connectivity index (χ3n) is 6.88. The van der Waals surface area contributed by atoms with Crippen molar-refractivity contribution in [2.45, 2.75) is 18.9 Å². The molecule has 3 heterocycles. The van der Waals surface area contributed by atoms with Crippen molar-refractivity contribution < 1.29 is 18.0 Å². The van der Waals surface area contributed by atoms with Crippen molar-refractivity contribution >= 4 is 38.1 Å². The van der Waals surface area contributed by atoms with Gasteiger partial charge < -0.3 is 9.80 Å². The molecule has 3 saturated heterocycles. The first-order valence-corrected chi connectivity index (χ1v) is 12.7. The van der Waals surface area contributed by atoms with E-state index in [1.807, 2.05) is 47.4 Å². The lowest BCUT2D eigenvalue weighted by Gasteiger charge is -2.38. The predicted octanol–water partition coefficient (Wildman–Crippen LogP) is 1.52. The van der Waals surface area contributed by atoms with Crippen LogP contribution in [0.2, 0.25) is 0 Å². The maximum Gasteiger partial charge on any atom is 0.228 e. The molecule has 0 saturated carbocycles. The predicted molar refractivity (Wildman–Crippen MR) is 120 cm³/mol. The standard InChI is InChI=1S/C23H27N3O4S/c27-22-14-18(15-26(22)21-7-3-5-17-4-1-2-6-20(17)21)23(28)25-11-9-24(10-12-25)19-8-13-31(29,30)16-19/h1-7,18-19H,8-16H2. The average molecular weight is 442 g/mol. The van der Waals surface area contributed by atoms with Crippen molar-refractivity contribution in [2.75, 3.05) is 49.1 Å². The molecule has 3 fully saturated rings. The Balaban J connectivity index is 1.24. The van der Waals surface area contributed by atoms with Gasteiger partial charge in [-0.25, -0.2) is 8.42 Å². The molecule has 3 aliphatic heterocycles.